The molecule has 2 aromatic carbocycles. The summed E-state index contributed by atoms with van der Waals surface area (Å²) in [6.45, 7) is 4.60. The van der Waals surface area contributed by atoms with Gasteiger partial charge in [0, 0.05) is 6.08 Å². The lowest BCUT2D eigenvalue weighted by atomic mass is 10.0. The van der Waals surface area contributed by atoms with Gasteiger partial charge >= 0.3 is 11.9 Å². The average Bonchev–Trinajstić information content (AvgIpc) is 2.84. The summed E-state index contributed by atoms with van der Waals surface area (Å²) in [7, 11) is 0. The number of esters is 1. The van der Waals surface area contributed by atoms with Crippen molar-refractivity contribution in [3.05, 3.63) is 66.7 Å². The fourth-order valence-electron chi connectivity index (χ4n) is 3.59. The highest BCUT2D eigenvalue weighted by Gasteiger charge is 2.04. The lowest BCUT2D eigenvalue weighted by Gasteiger charge is -2.08. The molecule has 178 valence electrons. The van der Waals surface area contributed by atoms with Gasteiger partial charge in [0.25, 0.3) is 0 Å². The second-order valence-corrected chi connectivity index (χ2v) is 8.16. The maximum atomic E-state index is 11.0. The summed E-state index contributed by atoms with van der Waals surface area (Å²) in [6, 6.07) is 14.8. The van der Waals surface area contributed by atoms with Crippen LogP contribution >= 0.6 is 0 Å². The summed E-state index contributed by atoms with van der Waals surface area (Å²) in [6.07, 6.45) is 13.0. The van der Waals surface area contributed by atoms with Crippen LogP contribution in [0.15, 0.2) is 61.2 Å². The Morgan fingerprint density at radius 3 is 1.64 bits per heavy atom. The quantitative estimate of drug-likeness (QED) is 0.158. The lowest BCUT2D eigenvalue weighted by Crippen LogP contribution is -2.01. The van der Waals surface area contributed by atoms with E-state index in [4.69, 9.17) is 14.6 Å². The third-order valence-corrected chi connectivity index (χ3v) is 5.54. The fraction of sp³-hybridized carbons (Fsp3) is 0.429. The lowest BCUT2D eigenvalue weighted by molar-refractivity contribution is -0.137. The minimum atomic E-state index is -0.914. The Labute approximate surface area is 197 Å². The fourth-order valence-corrected chi connectivity index (χ4v) is 3.59. The molecular formula is C28H36O5. The number of aromatic carboxylic acids is 1. The standard InChI is InChI=1S/C28H36O5/c1-2-27(29)33-22-12-10-8-6-4-3-5-7-9-11-21-32-26-19-17-24(18-20-26)23-13-15-25(16-14-23)28(30)31/h2,13-20H,1,3-12,21-22H2,(H,30,31). The van der Waals surface area contributed by atoms with Crippen molar-refractivity contribution in [3.63, 3.8) is 0 Å². The van der Waals surface area contributed by atoms with Crippen LogP contribution in [0.1, 0.15) is 74.6 Å². The summed E-state index contributed by atoms with van der Waals surface area (Å²) in [5, 5.41) is 8.99. The summed E-state index contributed by atoms with van der Waals surface area (Å²) in [5.41, 5.74) is 2.32. The van der Waals surface area contributed by atoms with Crippen LogP contribution in [0.5, 0.6) is 5.75 Å². The zero-order chi connectivity index (χ0) is 23.7. The van der Waals surface area contributed by atoms with Crippen LogP contribution in [0.25, 0.3) is 11.1 Å². The van der Waals surface area contributed by atoms with Gasteiger partial charge in [-0.15, -0.1) is 0 Å². The van der Waals surface area contributed by atoms with Crippen molar-refractivity contribution in [1.82, 2.24) is 0 Å². The Balaban J connectivity index is 1.46. The molecule has 2 aromatic rings. The van der Waals surface area contributed by atoms with Crippen molar-refractivity contribution >= 4 is 11.9 Å². The van der Waals surface area contributed by atoms with Gasteiger partial charge in [-0.25, -0.2) is 9.59 Å². The van der Waals surface area contributed by atoms with E-state index < -0.39 is 5.97 Å². The molecule has 5 nitrogen and oxygen atoms in total. The van der Waals surface area contributed by atoms with Crippen molar-refractivity contribution in [1.29, 1.82) is 0 Å². The molecule has 0 saturated heterocycles. The highest BCUT2D eigenvalue weighted by molar-refractivity contribution is 5.88. The monoisotopic (exact) mass is 452 g/mol. The number of carboxylic acids is 1. The molecule has 0 heterocycles. The van der Waals surface area contributed by atoms with Crippen LogP contribution in [0.4, 0.5) is 0 Å². The van der Waals surface area contributed by atoms with E-state index in [-0.39, 0.29) is 5.97 Å². The smallest absolute Gasteiger partial charge is 0.335 e. The van der Waals surface area contributed by atoms with Crippen molar-refractivity contribution in [2.24, 2.45) is 0 Å². The largest absolute Gasteiger partial charge is 0.494 e. The van der Waals surface area contributed by atoms with E-state index in [9.17, 15) is 9.59 Å². The summed E-state index contributed by atoms with van der Waals surface area (Å²) in [5.74, 6) is -0.386. The Bertz CT molecular complexity index is 840. The number of hydrogen-bond acceptors (Lipinski definition) is 4. The van der Waals surface area contributed by atoms with Gasteiger partial charge in [-0.05, 0) is 48.2 Å². The molecule has 0 aliphatic rings. The van der Waals surface area contributed by atoms with Gasteiger partial charge in [0.2, 0.25) is 0 Å². The Morgan fingerprint density at radius 2 is 1.15 bits per heavy atom. The molecule has 33 heavy (non-hydrogen) atoms. The summed E-state index contributed by atoms with van der Waals surface area (Å²) < 4.78 is 10.8. The number of rotatable bonds is 17. The maximum absolute atomic E-state index is 11.0. The van der Waals surface area contributed by atoms with Gasteiger partial charge < -0.3 is 14.6 Å². The van der Waals surface area contributed by atoms with Gasteiger partial charge in [-0.1, -0.05) is 82.2 Å². The van der Waals surface area contributed by atoms with Crippen LogP contribution in [-0.4, -0.2) is 30.3 Å². The molecule has 0 radical (unpaired) electrons. The molecular weight excluding hydrogens is 416 g/mol. The van der Waals surface area contributed by atoms with Crippen LogP contribution in [-0.2, 0) is 9.53 Å². The van der Waals surface area contributed by atoms with E-state index in [0.29, 0.717) is 12.2 Å². The molecule has 5 heteroatoms. The second kappa shape index (κ2) is 15.7. The van der Waals surface area contributed by atoms with E-state index in [2.05, 4.69) is 6.58 Å². The SMILES string of the molecule is C=CC(=O)OCCCCCCCCCCCCOc1ccc(-c2ccc(C(=O)O)cc2)cc1. The van der Waals surface area contributed by atoms with E-state index in [1.54, 1.807) is 12.1 Å². The first-order chi connectivity index (χ1) is 16.1. The Morgan fingerprint density at radius 1 is 0.697 bits per heavy atom. The van der Waals surface area contributed by atoms with Crippen LogP contribution < -0.4 is 4.74 Å². The highest BCUT2D eigenvalue weighted by atomic mass is 16.5. The van der Waals surface area contributed by atoms with Crippen molar-refractivity contribution in [2.45, 2.75) is 64.2 Å². The Kier molecular flexibility index (Phi) is 12.4. The molecule has 0 aromatic heterocycles. The molecule has 0 amide bonds. The van der Waals surface area contributed by atoms with E-state index in [1.807, 2.05) is 36.4 Å². The zero-order valence-corrected chi connectivity index (χ0v) is 19.5. The number of carbonyl (C=O) groups excluding carboxylic acids is 1. The number of carboxylic acid groups (broad SMARTS) is 1. The molecule has 1 N–H and O–H groups in total. The van der Waals surface area contributed by atoms with Gasteiger partial charge in [-0.2, -0.15) is 0 Å². The first kappa shape index (κ1) is 26.2. The Hall–Kier alpha value is -3.08. The van der Waals surface area contributed by atoms with E-state index in [1.165, 1.54) is 51.0 Å². The molecule has 0 atom stereocenters. The number of hydrogen-bond donors (Lipinski definition) is 1. The third kappa shape index (κ3) is 10.9. The second-order valence-electron chi connectivity index (χ2n) is 8.16. The third-order valence-electron chi connectivity index (χ3n) is 5.54. The topological polar surface area (TPSA) is 72.8 Å². The average molecular weight is 453 g/mol. The molecule has 0 fully saturated rings. The molecule has 0 bridgehead atoms. The van der Waals surface area contributed by atoms with Crippen LogP contribution in [0, 0.1) is 0 Å². The van der Waals surface area contributed by atoms with E-state index in [0.717, 1.165) is 42.7 Å². The molecule has 2 rings (SSSR count). The van der Waals surface area contributed by atoms with Gasteiger partial charge in [0.1, 0.15) is 5.75 Å². The molecule has 0 saturated carbocycles. The van der Waals surface area contributed by atoms with Crippen molar-refractivity contribution < 1.29 is 24.2 Å². The predicted molar refractivity (Wildman–Crippen MR) is 132 cm³/mol. The molecule has 0 aliphatic heterocycles. The van der Waals surface area contributed by atoms with Crippen LogP contribution in [0.2, 0.25) is 0 Å². The zero-order valence-electron chi connectivity index (χ0n) is 19.5. The number of benzene rings is 2. The van der Waals surface area contributed by atoms with Gasteiger partial charge in [0.05, 0.1) is 18.8 Å². The van der Waals surface area contributed by atoms with Crippen molar-refractivity contribution in [2.75, 3.05) is 13.2 Å². The predicted octanol–water partition coefficient (Wildman–Crippen LogP) is 7.06. The number of carbonyl (C=O) groups is 2. The van der Waals surface area contributed by atoms with E-state index >= 15 is 0 Å². The molecule has 0 aliphatic carbocycles. The minimum Gasteiger partial charge on any atom is -0.494 e. The van der Waals surface area contributed by atoms with Crippen LogP contribution in [0.3, 0.4) is 0 Å². The normalized spacial score (nSPS) is 10.5. The first-order valence-corrected chi connectivity index (χ1v) is 12.0. The number of unbranched alkanes of at least 4 members (excludes halogenated alkanes) is 9. The highest BCUT2D eigenvalue weighted by Crippen LogP contribution is 2.23. The van der Waals surface area contributed by atoms with Gasteiger partial charge in [-0.3, -0.25) is 0 Å². The molecule has 0 spiro atoms. The number of ether oxygens (including phenoxy) is 2. The van der Waals surface area contributed by atoms with Gasteiger partial charge in [0.15, 0.2) is 0 Å². The maximum Gasteiger partial charge on any atom is 0.335 e. The summed E-state index contributed by atoms with van der Waals surface area (Å²) >= 11 is 0. The minimum absolute atomic E-state index is 0.291. The first-order valence-electron chi connectivity index (χ1n) is 12.0. The molecule has 0 unspecified atom stereocenters. The van der Waals surface area contributed by atoms with Crippen molar-refractivity contribution in [3.8, 4) is 16.9 Å². The summed E-state index contributed by atoms with van der Waals surface area (Å²) in [4.78, 5) is 21.9.